The highest BCUT2D eigenvalue weighted by Gasteiger charge is 2.20. The van der Waals surface area contributed by atoms with Gasteiger partial charge in [0, 0.05) is 19.2 Å². The summed E-state index contributed by atoms with van der Waals surface area (Å²) >= 11 is 0. The lowest BCUT2D eigenvalue weighted by atomic mass is 10.1. The fourth-order valence-electron chi connectivity index (χ4n) is 1.62. The monoisotopic (exact) mass is 305 g/mol. The van der Waals surface area contributed by atoms with Gasteiger partial charge in [0.15, 0.2) is 0 Å². The molecule has 0 atom stereocenters. The van der Waals surface area contributed by atoms with Crippen molar-refractivity contribution >= 4 is 10.0 Å². The summed E-state index contributed by atoms with van der Waals surface area (Å²) in [5.74, 6) is 1.07. The van der Waals surface area contributed by atoms with Crippen molar-refractivity contribution < 1.29 is 22.7 Å². The highest BCUT2D eigenvalue weighted by Crippen LogP contribution is 2.19. The lowest BCUT2D eigenvalue weighted by molar-refractivity contribution is 0.128. The summed E-state index contributed by atoms with van der Waals surface area (Å²) in [6, 6.07) is 1.33. The van der Waals surface area contributed by atoms with Crippen LogP contribution in [0.25, 0.3) is 0 Å². The number of nitrogens with one attached hydrogen (secondary N) is 1. The molecule has 0 saturated carbocycles. The van der Waals surface area contributed by atoms with Crippen molar-refractivity contribution in [1.82, 2.24) is 4.72 Å². The van der Waals surface area contributed by atoms with E-state index in [4.69, 9.17) is 14.3 Å². The Morgan fingerprint density at radius 3 is 2.65 bits per heavy atom. The Morgan fingerprint density at radius 2 is 2.10 bits per heavy atom. The second-order valence-corrected chi connectivity index (χ2v) is 6.72. The van der Waals surface area contributed by atoms with Gasteiger partial charge in [0.25, 0.3) is 0 Å². The van der Waals surface area contributed by atoms with Gasteiger partial charge in [-0.2, -0.15) is 0 Å². The molecular formula is C13H23NO5S. The standard InChI is InChI=1S/C13H23NO5S/c1-10(2)4-6-18-7-5-14-20(16,17)13-8-12(9-15)19-11(13)3/h8,10,14-15H,4-7,9H2,1-3H3. The van der Waals surface area contributed by atoms with Gasteiger partial charge in [0.2, 0.25) is 10.0 Å². The summed E-state index contributed by atoms with van der Waals surface area (Å²) in [6.45, 7) is 6.59. The van der Waals surface area contributed by atoms with Crippen LogP contribution in [0.4, 0.5) is 0 Å². The minimum atomic E-state index is -3.62. The number of aryl methyl sites for hydroxylation is 1. The first kappa shape index (κ1) is 17.2. The number of aliphatic hydroxyl groups is 1. The summed E-state index contributed by atoms with van der Waals surface area (Å²) in [7, 11) is -3.62. The Kier molecular flexibility index (Phi) is 6.67. The Hall–Kier alpha value is -0.890. The van der Waals surface area contributed by atoms with E-state index in [1.54, 1.807) is 6.92 Å². The van der Waals surface area contributed by atoms with Crippen molar-refractivity contribution in [3.63, 3.8) is 0 Å². The van der Waals surface area contributed by atoms with Crippen LogP contribution in [-0.4, -0.2) is 33.3 Å². The molecular weight excluding hydrogens is 282 g/mol. The molecule has 2 N–H and O–H groups in total. The molecule has 0 spiro atoms. The van der Waals surface area contributed by atoms with E-state index in [1.165, 1.54) is 6.07 Å². The van der Waals surface area contributed by atoms with Gasteiger partial charge in [-0.25, -0.2) is 13.1 Å². The lowest BCUT2D eigenvalue weighted by Crippen LogP contribution is -2.27. The van der Waals surface area contributed by atoms with E-state index in [-0.39, 0.29) is 29.6 Å². The van der Waals surface area contributed by atoms with Gasteiger partial charge < -0.3 is 14.3 Å². The minimum absolute atomic E-state index is 0.0590. The largest absolute Gasteiger partial charge is 0.462 e. The van der Waals surface area contributed by atoms with E-state index in [9.17, 15) is 8.42 Å². The van der Waals surface area contributed by atoms with Crippen molar-refractivity contribution in [2.24, 2.45) is 5.92 Å². The van der Waals surface area contributed by atoms with E-state index in [2.05, 4.69) is 18.6 Å². The van der Waals surface area contributed by atoms with Gasteiger partial charge in [0.05, 0.1) is 6.61 Å². The van der Waals surface area contributed by atoms with Gasteiger partial charge in [-0.3, -0.25) is 0 Å². The maximum absolute atomic E-state index is 12.0. The van der Waals surface area contributed by atoms with Gasteiger partial charge in [0.1, 0.15) is 23.0 Å². The van der Waals surface area contributed by atoms with E-state index < -0.39 is 10.0 Å². The molecule has 7 heteroatoms. The second kappa shape index (κ2) is 7.78. The van der Waals surface area contributed by atoms with Crippen LogP contribution in [0.15, 0.2) is 15.4 Å². The summed E-state index contributed by atoms with van der Waals surface area (Å²) in [6.07, 6.45) is 0.952. The number of sulfonamides is 1. The quantitative estimate of drug-likeness (QED) is 0.674. The maximum atomic E-state index is 12.0. The number of ether oxygens (including phenoxy) is 1. The molecule has 1 aromatic heterocycles. The number of hydrogen-bond donors (Lipinski definition) is 2. The number of rotatable bonds is 9. The molecule has 0 aliphatic carbocycles. The van der Waals surface area contributed by atoms with E-state index in [0.717, 1.165) is 6.42 Å². The molecule has 0 bridgehead atoms. The Bertz CT molecular complexity index is 507. The first-order chi connectivity index (χ1) is 9.36. The highest BCUT2D eigenvalue weighted by atomic mass is 32.2. The third-order valence-electron chi connectivity index (χ3n) is 2.75. The minimum Gasteiger partial charge on any atom is -0.462 e. The van der Waals surface area contributed by atoms with E-state index >= 15 is 0 Å². The number of furan rings is 1. The van der Waals surface area contributed by atoms with Crippen LogP contribution >= 0.6 is 0 Å². The van der Waals surface area contributed by atoms with Crippen molar-refractivity contribution in [2.75, 3.05) is 19.8 Å². The summed E-state index contributed by atoms with van der Waals surface area (Å²) in [5, 5.41) is 8.93. The fourth-order valence-corrected chi connectivity index (χ4v) is 2.83. The number of hydrogen-bond acceptors (Lipinski definition) is 5. The van der Waals surface area contributed by atoms with Crippen LogP contribution in [0.1, 0.15) is 31.8 Å². The van der Waals surface area contributed by atoms with Crippen molar-refractivity contribution in [1.29, 1.82) is 0 Å². The average Bonchev–Trinajstić information content (AvgIpc) is 2.75. The molecule has 0 aliphatic heterocycles. The molecule has 6 nitrogen and oxygen atoms in total. The molecule has 1 rings (SSSR count). The maximum Gasteiger partial charge on any atom is 0.244 e. The van der Waals surface area contributed by atoms with Crippen LogP contribution in [0.5, 0.6) is 0 Å². The zero-order valence-corrected chi connectivity index (χ0v) is 13.0. The SMILES string of the molecule is Cc1oc(CO)cc1S(=O)(=O)NCCOCCC(C)C. The van der Waals surface area contributed by atoms with Crippen LogP contribution in [0, 0.1) is 12.8 Å². The lowest BCUT2D eigenvalue weighted by Gasteiger charge is -2.08. The van der Waals surface area contributed by atoms with Crippen LogP contribution in [0.2, 0.25) is 0 Å². The molecule has 1 heterocycles. The predicted octanol–water partition coefficient (Wildman–Crippen LogP) is 1.42. The molecule has 1 aromatic rings. The molecule has 0 saturated heterocycles. The molecule has 116 valence electrons. The molecule has 0 amide bonds. The number of aliphatic hydroxyl groups excluding tert-OH is 1. The molecule has 0 radical (unpaired) electrons. The predicted molar refractivity (Wildman–Crippen MR) is 74.8 cm³/mol. The van der Waals surface area contributed by atoms with Crippen LogP contribution in [-0.2, 0) is 21.4 Å². The first-order valence-corrected chi connectivity index (χ1v) is 8.12. The average molecular weight is 305 g/mol. The first-order valence-electron chi connectivity index (χ1n) is 6.64. The molecule has 0 aliphatic rings. The third-order valence-corrected chi connectivity index (χ3v) is 4.32. The summed E-state index contributed by atoms with van der Waals surface area (Å²) < 4.78 is 36.9. The Balaban J connectivity index is 2.43. The highest BCUT2D eigenvalue weighted by molar-refractivity contribution is 7.89. The molecule has 20 heavy (non-hydrogen) atoms. The van der Waals surface area contributed by atoms with Crippen molar-refractivity contribution in [3.8, 4) is 0 Å². The third kappa shape index (κ3) is 5.24. The van der Waals surface area contributed by atoms with Gasteiger partial charge in [-0.1, -0.05) is 13.8 Å². The fraction of sp³-hybridized carbons (Fsp3) is 0.692. The Labute approximate surface area is 120 Å². The van der Waals surface area contributed by atoms with Crippen LogP contribution < -0.4 is 4.72 Å². The molecule has 0 fully saturated rings. The van der Waals surface area contributed by atoms with E-state index in [1.807, 2.05) is 0 Å². The van der Waals surface area contributed by atoms with Crippen molar-refractivity contribution in [3.05, 3.63) is 17.6 Å². The van der Waals surface area contributed by atoms with E-state index in [0.29, 0.717) is 19.1 Å². The smallest absolute Gasteiger partial charge is 0.244 e. The van der Waals surface area contributed by atoms with Gasteiger partial charge >= 0.3 is 0 Å². The summed E-state index contributed by atoms with van der Waals surface area (Å²) in [4.78, 5) is 0.0590. The van der Waals surface area contributed by atoms with Crippen molar-refractivity contribution in [2.45, 2.75) is 38.7 Å². The zero-order chi connectivity index (χ0) is 15.2. The summed E-state index contributed by atoms with van der Waals surface area (Å²) in [5.41, 5.74) is 0. The Morgan fingerprint density at radius 1 is 1.40 bits per heavy atom. The zero-order valence-electron chi connectivity index (χ0n) is 12.2. The topological polar surface area (TPSA) is 88.8 Å². The molecule has 0 unspecified atom stereocenters. The van der Waals surface area contributed by atoms with Gasteiger partial charge in [-0.05, 0) is 19.3 Å². The van der Waals surface area contributed by atoms with Crippen LogP contribution in [0.3, 0.4) is 0 Å². The molecule has 0 aromatic carbocycles. The van der Waals surface area contributed by atoms with Gasteiger partial charge in [-0.15, -0.1) is 0 Å². The normalized spacial score (nSPS) is 12.2. The second-order valence-electron chi connectivity index (χ2n) is 4.98.